The first-order valence-corrected chi connectivity index (χ1v) is 9.88. The highest BCUT2D eigenvalue weighted by atomic mass is 16.5. The van der Waals surface area contributed by atoms with Gasteiger partial charge in [-0.15, -0.1) is 0 Å². The molecule has 4 rings (SSSR count). The van der Waals surface area contributed by atoms with Crippen LogP contribution in [0.25, 0.3) is 0 Å². The summed E-state index contributed by atoms with van der Waals surface area (Å²) < 4.78 is 28.5. The van der Waals surface area contributed by atoms with Crippen molar-refractivity contribution in [3.8, 4) is 0 Å². The van der Waals surface area contributed by atoms with E-state index in [9.17, 15) is 4.79 Å². The number of ketones is 1. The van der Waals surface area contributed by atoms with Crippen LogP contribution in [0.1, 0.15) is 76.2 Å². The Hall–Kier alpha value is -0.630. The molecule has 0 unspecified atom stereocenters. The zero-order valence-corrected chi connectivity index (χ0v) is 15.4. The second kappa shape index (κ2) is 5.69. The molecule has 2 heteroatoms. The zero-order chi connectivity index (χ0) is 19.6. The highest BCUT2D eigenvalue weighted by molar-refractivity contribution is 5.79. The summed E-state index contributed by atoms with van der Waals surface area (Å²) in [5.74, 6) is 1.01. The van der Waals surface area contributed by atoms with Gasteiger partial charge >= 0.3 is 0 Å². The first kappa shape index (κ1) is 13.6. The lowest BCUT2D eigenvalue weighted by atomic mass is 9.47. The normalized spacial score (nSPS) is 52.9. The molecule has 0 spiro atoms. The van der Waals surface area contributed by atoms with E-state index in [2.05, 4.69) is 19.9 Å². The van der Waals surface area contributed by atoms with E-state index in [-0.39, 0.29) is 16.7 Å². The summed E-state index contributed by atoms with van der Waals surface area (Å²) in [4.78, 5) is 12.7. The fraction of sp³-hybridized carbons (Fsp3) is 0.864. The van der Waals surface area contributed by atoms with E-state index in [1.54, 1.807) is 5.57 Å². The molecule has 0 N–H and O–H groups in total. The van der Waals surface area contributed by atoms with Crippen LogP contribution < -0.4 is 0 Å². The Bertz CT molecular complexity index is 654. The standard InChI is InChI=1S/C22H34O2/c1-14(23)18-7-8-19-17-6-5-15-13-16(24-4)9-11-21(15,2)20(17)10-12-22(18,19)3/h5,16-20H,6-13H2,1-4H3/t16-,17-,18+,19-,20-,21-,22+/m0/s1/i1D3. The van der Waals surface area contributed by atoms with E-state index in [0.717, 1.165) is 44.9 Å². The number of fused-ring (bicyclic) bond motifs is 5. The highest BCUT2D eigenvalue weighted by Crippen LogP contribution is 2.66. The Morgan fingerprint density at radius 1 is 1.21 bits per heavy atom. The number of allylic oxidation sites excluding steroid dienone is 1. The number of ether oxygens (including phenoxy) is 1. The average Bonchev–Trinajstić information content (AvgIpc) is 2.96. The molecule has 4 aliphatic rings. The molecule has 0 heterocycles. The van der Waals surface area contributed by atoms with Crippen LogP contribution in [0.5, 0.6) is 0 Å². The van der Waals surface area contributed by atoms with Gasteiger partial charge in [-0.3, -0.25) is 4.79 Å². The maximum atomic E-state index is 12.7. The lowest BCUT2D eigenvalue weighted by Gasteiger charge is -2.58. The maximum Gasteiger partial charge on any atom is 0.133 e. The topological polar surface area (TPSA) is 26.3 Å². The van der Waals surface area contributed by atoms with Crippen molar-refractivity contribution in [3.05, 3.63) is 11.6 Å². The maximum absolute atomic E-state index is 12.7. The minimum atomic E-state index is -2.45. The van der Waals surface area contributed by atoms with E-state index in [0.29, 0.717) is 23.9 Å². The monoisotopic (exact) mass is 333 g/mol. The third kappa shape index (κ3) is 2.21. The van der Waals surface area contributed by atoms with Crippen LogP contribution in [0.15, 0.2) is 11.6 Å². The molecule has 0 amide bonds. The lowest BCUT2D eigenvalue weighted by molar-refractivity contribution is -0.127. The van der Waals surface area contributed by atoms with Crippen LogP contribution in [-0.2, 0) is 9.53 Å². The summed E-state index contributed by atoms with van der Waals surface area (Å²) in [5.41, 5.74) is 1.74. The number of methoxy groups -OCH3 is 1. The highest BCUT2D eigenvalue weighted by Gasteiger charge is 2.59. The van der Waals surface area contributed by atoms with Gasteiger partial charge in [0, 0.05) is 17.1 Å². The molecule has 0 bridgehead atoms. The Morgan fingerprint density at radius 3 is 2.79 bits per heavy atom. The van der Waals surface area contributed by atoms with Crippen molar-refractivity contribution in [3.63, 3.8) is 0 Å². The molecule has 0 saturated heterocycles. The average molecular weight is 334 g/mol. The molecule has 0 radical (unpaired) electrons. The van der Waals surface area contributed by atoms with Crippen LogP contribution in [0.3, 0.4) is 0 Å². The smallest absolute Gasteiger partial charge is 0.133 e. The first-order valence-electron chi connectivity index (χ1n) is 11.4. The van der Waals surface area contributed by atoms with Crippen LogP contribution in [0.2, 0.25) is 0 Å². The van der Waals surface area contributed by atoms with Crippen LogP contribution in [0.4, 0.5) is 0 Å². The molecular formula is C22H34O2. The Labute approximate surface area is 151 Å². The van der Waals surface area contributed by atoms with Crippen molar-refractivity contribution in [2.75, 3.05) is 7.11 Å². The van der Waals surface area contributed by atoms with Crippen LogP contribution in [0, 0.1) is 34.5 Å². The summed E-state index contributed by atoms with van der Waals surface area (Å²) >= 11 is 0. The molecular weight excluding hydrogens is 296 g/mol. The van der Waals surface area contributed by atoms with Crippen LogP contribution >= 0.6 is 0 Å². The van der Waals surface area contributed by atoms with Gasteiger partial charge in [0.2, 0.25) is 0 Å². The van der Waals surface area contributed by atoms with Gasteiger partial charge in [-0.2, -0.15) is 0 Å². The first-order chi connectivity index (χ1) is 12.6. The van der Waals surface area contributed by atoms with Gasteiger partial charge in [-0.25, -0.2) is 0 Å². The predicted molar refractivity (Wildman–Crippen MR) is 96.7 cm³/mol. The van der Waals surface area contributed by atoms with E-state index in [1.165, 1.54) is 6.42 Å². The largest absolute Gasteiger partial charge is 0.381 e. The van der Waals surface area contributed by atoms with Gasteiger partial charge in [0.05, 0.1) is 6.10 Å². The number of rotatable bonds is 2. The van der Waals surface area contributed by atoms with Gasteiger partial charge in [-0.05, 0) is 86.8 Å². The SMILES string of the molecule is [2H]C([2H])([2H])C(=O)[C@H]1CC[C@H]2[C@@H]3CC=C4C[C@@H](OC)CC[C@]4(C)[C@H]3CC[C@]12C. The van der Waals surface area contributed by atoms with Crippen molar-refractivity contribution in [2.24, 2.45) is 34.5 Å². The third-order valence-corrected chi connectivity index (χ3v) is 8.71. The van der Waals surface area contributed by atoms with Crippen molar-refractivity contribution in [1.29, 1.82) is 0 Å². The summed E-state index contributed by atoms with van der Waals surface area (Å²) in [6, 6.07) is 0. The molecule has 4 aliphatic carbocycles. The molecule has 7 atom stereocenters. The molecule has 0 aromatic carbocycles. The molecule has 2 nitrogen and oxygen atoms in total. The zero-order valence-electron chi connectivity index (χ0n) is 18.4. The Balaban J connectivity index is 1.61. The molecule has 3 fully saturated rings. The molecule has 0 aromatic heterocycles. The van der Waals surface area contributed by atoms with Gasteiger partial charge < -0.3 is 4.74 Å². The molecule has 3 saturated carbocycles. The van der Waals surface area contributed by atoms with Crippen molar-refractivity contribution >= 4 is 5.78 Å². The summed E-state index contributed by atoms with van der Waals surface area (Å²) in [6.45, 7) is 2.23. The molecule has 24 heavy (non-hydrogen) atoms. The quantitative estimate of drug-likeness (QED) is 0.652. The minimum Gasteiger partial charge on any atom is -0.381 e. The van der Waals surface area contributed by atoms with Crippen molar-refractivity contribution in [1.82, 2.24) is 0 Å². The van der Waals surface area contributed by atoms with Crippen molar-refractivity contribution < 1.29 is 13.6 Å². The van der Waals surface area contributed by atoms with E-state index < -0.39 is 12.6 Å². The molecule has 0 aliphatic heterocycles. The van der Waals surface area contributed by atoms with Gasteiger partial charge in [0.25, 0.3) is 0 Å². The van der Waals surface area contributed by atoms with Gasteiger partial charge in [0.15, 0.2) is 0 Å². The fourth-order valence-electron chi connectivity index (χ4n) is 7.26. The second-order valence-corrected chi connectivity index (χ2v) is 9.40. The predicted octanol–water partition coefficient (Wildman–Crippen LogP) is 5.17. The number of carbonyl (C=O) groups excluding carboxylic acids is 1. The summed E-state index contributed by atoms with van der Waals surface area (Å²) in [5, 5.41) is 0. The lowest BCUT2D eigenvalue weighted by Crippen LogP contribution is -2.51. The van der Waals surface area contributed by atoms with E-state index in [1.807, 2.05) is 7.11 Å². The number of hydrogen-bond acceptors (Lipinski definition) is 2. The van der Waals surface area contributed by atoms with Crippen molar-refractivity contribution in [2.45, 2.75) is 78.2 Å². The molecule has 0 aromatic rings. The summed E-state index contributed by atoms with van der Waals surface area (Å²) in [7, 11) is 1.83. The second-order valence-electron chi connectivity index (χ2n) is 9.40. The van der Waals surface area contributed by atoms with Gasteiger partial charge in [-0.1, -0.05) is 25.5 Å². The number of carbonyl (C=O) groups is 1. The van der Waals surface area contributed by atoms with Crippen LogP contribution in [-0.4, -0.2) is 19.0 Å². The number of hydrogen-bond donors (Lipinski definition) is 0. The fourth-order valence-corrected chi connectivity index (χ4v) is 7.26. The van der Waals surface area contributed by atoms with E-state index >= 15 is 0 Å². The number of Topliss-reactive ketones (excluding diaryl/α,β-unsaturated/α-hetero) is 1. The summed E-state index contributed by atoms with van der Waals surface area (Å²) in [6.07, 6.45) is 11.3. The third-order valence-electron chi connectivity index (χ3n) is 8.71. The minimum absolute atomic E-state index is 0.127. The Kier molecular flexibility index (Phi) is 3.21. The molecule has 134 valence electrons. The Morgan fingerprint density at radius 2 is 2.04 bits per heavy atom. The van der Waals surface area contributed by atoms with Gasteiger partial charge in [0.1, 0.15) is 5.78 Å². The van der Waals surface area contributed by atoms with E-state index in [4.69, 9.17) is 8.85 Å².